The predicted octanol–water partition coefficient (Wildman–Crippen LogP) is 3.51. The van der Waals surface area contributed by atoms with E-state index in [1.165, 1.54) is 57.8 Å². The van der Waals surface area contributed by atoms with Gasteiger partial charge >= 0.3 is 0 Å². The van der Waals surface area contributed by atoms with E-state index in [4.69, 9.17) is 0 Å². The van der Waals surface area contributed by atoms with Crippen LogP contribution in [0.25, 0.3) is 0 Å². The second-order valence-corrected chi connectivity index (χ2v) is 5.16. The summed E-state index contributed by atoms with van der Waals surface area (Å²) in [6.07, 6.45) is 13.1. The second kappa shape index (κ2) is 5.16. The lowest BCUT2D eigenvalue weighted by Gasteiger charge is -2.38. The third kappa shape index (κ3) is 2.31. The first-order valence-corrected chi connectivity index (χ1v) is 6.44. The normalized spacial score (nSPS) is 35.8. The predicted molar refractivity (Wildman–Crippen MR) is 60.8 cm³/mol. The minimum absolute atomic E-state index is 0.729. The van der Waals surface area contributed by atoms with Crippen molar-refractivity contribution in [3.8, 4) is 0 Å². The summed E-state index contributed by atoms with van der Waals surface area (Å²) in [5.74, 6) is 1.96. The molecular weight excluding hydrogens is 170 g/mol. The van der Waals surface area contributed by atoms with Crippen LogP contribution in [-0.4, -0.2) is 6.04 Å². The molecule has 14 heavy (non-hydrogen) atoms. The van der Waals surface area contributed by atoms with Crippen molar-refractivity contribution in [2.45, 2.75) is 63.8 Å². The summed E-state index contributed by atoms with van der Waals surface area (Å²) in [6, 6.07) is 0.729. The smallest absolute Gasteiger partial charge is 0.00985 e. The molecule has 1 N–H and O–H groups in total. The van der Waals surface area contributed by atoms with Crippen LogP contribution >= 0.6 is 0 Å². The Labute approximate surface area is 88.7 Å². The van der Waals surface area contributed by atoms with Gasteiger partial charge in [0.15, 0.2) is 0 Å². The van der Waals surface area contributed by atoms with Crippen LogP contribution in [0.5, 0.6) is 0 Å². The van der Waals surface area contributed by atoms with Gasteiger partial charge in [0.25, 0.3) is 0 Å². The minimum Gasteiger partial charge on any atom is -0.312 e. The van der Waals surface area contributed by atoms with Gasteiger partial charge in [0.1, 0.15) is 0 Å². The van der Waals surface area contributed by atoms with Gasteiger partial charge in [0, 0.05) is 13.1 Å². The molecule has 0 heterocycles. The first-order valence-electron chi connectivity index (χ1n) is 6.44. The van der Waals surface area contributed by atoms with Crippen LogP contribution in [0.3, 0.4) is 0 Å². The van der Waals surface area contributed by atoms with Gasteiger partial charge in [-0.15, -0.1) is 0 Å². The van der Waals surface area contributed by atoms with Crippen molar-refractivity contribution >= 4 is 0 Å². The van der Waals surface area contributed by atoms with E-state index in [1.807, 2.05) is 0 Å². The third-order valence-corrected chi connectivity index (χ3v) is 4.34. The highest BCUT2D eigenvalue weighted by molar-refractivity contribution is 4.86. The second-order valence-electron chi connectivity index (χ2n) is 5.16. The zero-order valence-electron chi connectivity index (χ0n) is 9.30. The Balaban J connectivity index is 1.91. The summed E-state index contributed by atoms with van der Waals surface area (Å²) < 4.78 is 0. The molecule has 2 aliphatic rings. The molecule has 2 atom stereocenters. The highest BCUT2D eigenvalue weighted by atomic mass is 14.9. The van der Waals surface area contributed by atoms with Gasteiger partial charge in [-0.1, -0.05) is 44.9 Å². The Bertz CT molecular complexity index is 161. The number of hydrogen-bond donors (Lipinski definition) is 1. The molecule has 0 aromatic carbocycles. The minimum atomic E-state index is 0.729. The fourth-order valence-electron chi connectivity index (χ4n) is 3.54. The lowest BCUT2D eigenvalue weighted by Crippen LogP contribution is -2.39. The van der Waals surface area contributed by atoms with E-state index in [2.05, 4.69) is 12.4 Å². The van der Waals surface area contributed by atoms with Gasteiger partial charge in [-0.05, 0) is 24.7 Å². The summed E-state index contributed by atoms with van der Waals surface area (Å²) in [7, 11) is 3.90. The molecular formula is C13H24N. The molecule has 0 aromatic heterocycles. The average molecular weight is 194 g/mol. The molecule has 1 heteroatoms. The lowest BCUT2D eigenvalue weighted by atomic mass is 9.71. The molecule has 2 unspecified atom stereocenters. The van der Waals surface area contributed by atoms with Crippen molar-refractivity contribution < 1.29 is 0 Å². The maximum absolute atomic E-state index is 3.90. The van der Waals surface area contributed by atoms with E-state index in [0.717, 1.165) is 17.9 Å². The fourth-order valence-corrected chi connectivity index (χ4v) is 3.54. The first-order chi connectivity index (χ1) is 6.92. The first kappa shape index (κ1) is 10.5. The molecule has 1 radical (unpaired) electrons. The summed E-state index contributed by atoms with van der Waals surface area (Å²) in [5.41, 5.74) is 0. The van der Waals surface area contributed by atoms with Crippen LogP contribution < -0.4 is 5.32 Å². The van der Waals surface area contributed by atoms with E-state index in [-0.39, 0.29) is 0 Å². The summed E-state index contributed by atoms with van der Waals surface area (Å²) in [6.45, 7) is 0. The quantitative estimate of drug-likeness (QED) is 0.709. The molecule has 0 spiro atoms. The van der Waals surface area contributed by atoms with Crippen molar-refractivity contribution in [3.63, 3.8) is 0 Å². The van der Waals surface area contributed by atoms with E-state index < -0.39 is 0 Å². The number of rotatable bonds is 2. The molecule has 2 aliphatic carbocycles. The molecule has 0 bridgehead atoms. The van der Waals surface area contributed by atoms with Gasteiger partial charge in [-0.25, -0.2) is 0 Å². The molecule has 2 rings (SSSR count). The summed E-state index contributed by atoms with van der Waals surface area (Å²) in [4.78, 5) is 0. The van der Waals surface area contributed by atoms with E-state index in [1.54, 1.807) is 0 Å². The largest absolute Gasteiger partial charge is 0.312 e. The maximum Gasteiger partial charge on any atom is 0.00985 e. The topological polar surface area (TPSA) is 12.0 Å². The van der Waals surface area contributed by atoms with E-state index in [0.29, 0.717) is 0 Å². The Morgan fingerprint density at radius 2 is 1.43 bits per heavy atom. The molecule has 0 aliphatic heterocycles. The highest BCUT2D eigenvalue weighted by Crippen LogP contribution is 2.38. The van der Waals surface area contributed by atoms with Gasteiger partial charge in [-0.3, -0.25) is 0 Å². The van der Waals surface area contributed by atoms with Crippen molar-refractivity contribution in [2.24, 2.45) is 11.8 Å². The van der Waals surface area contributed by atoms with Crippen LogP contribution in [0.4, 0.5) is 0 Å². The molecule has 2 fully saturated rings. The van der Waals surface area contributed by atoms with Gasteiger partial charge in [0.05, 0.1) is 0 Å². The maximum atomic E-state index is 3.90. The Morgan fingerprint density at radius 1 is 0.786 bits per heavy atom. The van der Waals surface area contributed by atoms with Crippen LogP contribution in [-0.2, 0) is 0 Å². The molecule has 81 valence electrons. The van der Waals surface area contributed by atoms with Crippen molar-refractivity contribution in [2.75, 3.05) is 0 Å². The number of nitrogens with one attached hydrogen (secondary N) is 1. The highest BCUT2D eigenvalue weighted by Gasteiger charge is 2.31. The number of hydrogen-bond acceptors (Lipinski definition) is 1. The molecule has 0 saturated heterocycles. The van der Waals surface area contributed by atoms with E-state index in [9.17, 15) is 0 Å². The zero-order chi connectivity index (χ0) is 9.80. The fraction of sp³-hybridized carbons (Fsp3) is 0.923. The third-order valence-electron chi connectivity index (χ3n) is 4.34. The van der Waals surface area contributed by atoms with Crippen LogP contribution in [0.2, 0.25) is 0 Å². The van der Waals surface area contributed by atoms with Crippen LogP contribution in [0.1, 0.15) is 57.8 Å². The van der Waals surface area contributed by atoms with Crippen molar-refractivity contribution in [3.05, 3.63) is 7.05 Å². The molecule has 2 saturated carbocycles. The molecule has 0 amide bonds. The van der Waals surface area contributed by atoms with Crippen molar-refractivity contribution in [1.82, 2.24) is 5.32 Å². The Kier molecular flexibility index (Phi) is 3.86. The van der Waals surface area contributed by atoms with Crippen molar-refractivity contribution in [1.29, 1.82) is 0 Å². The van der Waals surface area contributed by atoms with E-state index >= 15 is 0 Å². The van der Waals surface area contributed by atoms with Gasteiger partial charge < -0.3 is 5.32 Å². The Hall–Kier alpha value is -0.0400. The zero-order valence-corrected chi connectivity index (χ0v) is 9.30. The molecule has 1 nitrogen and oxygen atoms in total. The standard InChI is InChI=1S/C13H24N/c1-14-13-10-6-5-9-12(13)11-7-3-2-4-8-11/h11-14H,1-10H2. The van der Waals surface area contributed by atoms with Gasteiger partial charge in [-0.2, -0.15) is 0 Å². The SMILES string of the molecule is [CH2]NC1CCCCC1C1CCCCC1. The Morgan fingerprint density at radius 3 is 2.14 bits per heavy atom. The molecule has 0 aromatic rings. The van der Waals surface area contributed by atoms with Crippen LogP contribution in [0.15, 0.2) is 0 Å². The summed E-state index contributed by atoms with van der Waals surface area (Å²) in [5, 5.41) is 3.30. The summed E-state index contributed by atoms with van der Waals surface area (Å²) >= 11 is 0. The lowest BCUT2D eigenvalue weighted by molar-refractivity contribution is 0.158. The monoisotopic (exact) mass is 194 g/mol. The van der Waals surface area contributed by atoms with Crippen LogP contribution in [0, 0.1) is 18.9 Å². The van der Waals surface area contributed by atoms with Gasteiger partial charge in [0.2, 0.25) is 0 Å². The average Bonchev–Trinajstić information content (AvgIpc) is 2.30.